The number of carbonyl (C=O) groups is 6. The van der Waals surface area contributed by atoms with Crippen molar-refractivity contribution in [1.82, 2.24) is 26.6 Å². The number of hydrogen-bond acceptors (Lipinski definition) is 9. The first kappa shape index (κ1) is 26.7. The summed E-state index contributed by atoms with van der Waals surface area (Å²) in [5.74, 6) is -5.45. The van der Waals surface area contributed by atoms with Crippen LogP contribution in [-0.4, -0.2) is 102 Å². The minimum atomic E-state index is -1.53. The summed E-state index contributed by atoms with van der Waals surface area (Å²) in [7, 11) is 0. The van der Waals surface area contributed by atoms with Gasteiger partial charge in [-0.25, -0.2) is 4.79 Å². The largest absolute Gasteiger partial charge is 0.480 e. The summed E-state index contributed by atoms with van der Waals surface area (Å²) < 4.78 is 0. The van der Waals surface area contributed by atoms with E-state index in [4.69, 9.17) is 15.9 Å². The van der Waals surface area contributed by atoms with Gasteiger partial charge >= 0.3 is 5.97 Å². The third-order valence-corrected chi connectivity index (χ3v) is 3.40. The Morgan fingerprint density at radius 3 is 1.80 bits per heavy atom. The van der Waals surface area contributed by atoms with Crippen LogP contribution in [0.2, 0.25) is 0 Å². The maximum absolute atomic E-state index is 12.1. The van der Waals surface area contributed by atoms with Crippen LogP contribution in [0.15, 0.2) is 0 Å². The average molecular weight is 434 g/mol. The standard InChI is InChI=1S/C15H26N6O9/c1-7(23)13(21-12(27)5-17-9(24)2-16)14(28)19-3-10(25)18-4-11(26)20-8(6-22)15(29)30/h7-8,13,22-23H,2-6,16H2,1H3,(H,17,24)(H,18,25)(H,19,28)(H,20,26)(H,21,27)(H,29,30). The van der Waals surface area contributed by atoms with E-state index >= 15 is 0 Å². The lowest BCUT2D eigenvalue weighted by Crippen LogP contribution is -2.55. The van der Waals surface area contributed by atoms with Gasteiger partial charge in [0, 0.05) is 0 Å². The molecule has 30 heavy (non-hydrogen) atoms. The SMILES string of the molecule is CC(O)C(NC(=O)CNC(=O)CN)C(=O)NCC(=O)NCC(=O)NC(CO)C(=O)O. The summed E-state index contributed by atoms with van der Waals surface area (Å²) in [5.41, 5.74) is 5.06. The van der Waals surface area contributed by atoms with Gasteiger partial charge in [0.1, 0.15) is 12.1 Å². The monoisotopic (exact) mass is 434 g/mol. The molecule has 0 aliphatic heterocycles. The molecule has 15 heteroatoms. The summed E-state index contributed by atoms with van der Waals surface area (Å²) >= 11 is 0. The third kappa shape index (κ3) is 10.9. The van der Waals surface area contributed by atoms with E-state index in [9.17, 15) is 33.9 Å². The molecular weight excluding hydrogens is 408 g/mol. The van der Waals surface area contributed by atoms with Gasteiger partial charge in [-0.15, -0.1) is 0 Å². The van der Waals surface area contributed by atoms with E-state index in [-0.39, 0.29) is 6.54 Å². The highest BCUT2D eigenvalue weighted by Crippen LogP contribution is 1.93. The second-order valence-corrected chi connectivity index (χ2v) is 5.90. The van der Waals surface area contributed by atoms with Crippen molar-refractivity contribution in [3.63, 3.8) is 0 Å². The number of aliphatic carboxylic acids is 1. The van der Waals surface area contributed by atoms with Crippen LogP contribution in [0.5, 0.6) is 0 Å². The molecule has 3 atom stereocenters. The molecule has 0 aromatic heterocycles. The molecule has 0 spiro atoms. The zero-order valence-electron chi connectivity index (χ0n) is 16.1. The van der Waals surface area contributed by atoms with Crippen LogP contribution in [0.25, 0.3) is 0 Å². The van der Waals surface area contributed by atoms with Crippen LogP contribution in [0.4, 0.5) is 0 Å². The molecular formula is C15H26N6O9. The summed E-state index contributed by atoms with van der Waals surface area (Å²) in [6.45, 7) is -1.67. The van der Waals surface area contributed by atoms with Gasteiger partial charge in [0.2, 0.25) is 29.5 Å². The number of hydrogen-bond donors (Lipinski definition) is 9. The van der Waals surface area contributed by atoms with Crippen LogP contribution in [0.3, 0.4) is 0 Å². The van der Waals surface area contributed by atoms with Crippen LogP contribution in [0, 0.1) is 0 Å². The maximum atomic E-state index is 12.1. The first-order valence-corrected chi connectivity index (χ1v) is 8.63. The predicted octanol–water partition coefficient (Wildman–Crippen LogP) is -6.28. The molecule has 0 fully saturated rings. The number of aliphatic hydroxyl groups excluding tert-OH is 2. The Bertz CT molecular complexity index is 655. The minimum absolute atomic E-state index is 0.336. The molecule has 0 heterocycles. The van der Waals surface area contributed by atoms with E-state index in [1.165, 1.54) is 6.92 Å². The summed E-state index contributed by atoms with van der Waals surface area (Å²) in [4.78, 5) is 68.7. The number of carbonyl (C=O) groups excluding carboxylic acids is 5. The molecule has 0 bridgehead atoms. The van der Waals surface area contributed by atoms with Crippen LogP contribution in [-0.2, 0) is 28.8 Å². The molecule has 0 rings (SSSR count). The highest BCUT2D eigenvalue weighted by molar-refractivity contribution is 5.93. The number of carboxylic acid groups (broad SMARTS) is 1. The van der Waals surface area contributed by atoms with Crippen molar-refractivity contribution in [2.75, 3.05) is 32.8 Å². The molecule has 0 aliphatic carbocycles. The molecule has 170 valence electrons. The van der Waals surface area contributed by atoms with E-state index in [1.807, 2.05) is 5.32 Å². The summed E-state index contributed by atoms with van der Waals surface area (Å²) in [5, 5.41) is 37.7. The lowest BCUT2D eigenvalue weighted by molar-refractivity contribution is -0.142. The number of rotatable bonds is 13. The molecule has 10 N–H and O–H groups in total. The molecule has 0 aromatic rings. The van der Waals surface area contributed by atoms with Crippen LogP contribution < -0.4 is 32.3 Å². The van der Waals surface area contributed by atoms with Gasteiger partial charge < -0.3 is 47.6 Å². The van der Waals surface area contributed by atoms with E-state index in [0.717, 1.165) is 0 Å². The predicted molar refractivity (Wildman–Crippen MR) is 98.3 cm³/mol. The van der Waals surface area contributed by atoms with E-state index in [1.54, 1.807) is 0 Å². The Kier molecular flexibility index (Phi) is 12.3. The van der Waals surface area contributed by atoms with Crippen LogP contribution in [0.1, 0.15) is 6.92 Å². The Balaban J connectivity index is 4.46. The lowest BCUT2D eigenvalue weighted by Gasteiger charge is -2.21. The number of nitrogens with one attached hydrogen (secondary N) is 5. The van der Waals surface area contributed by atoms with Gasteiger partial charge in [-0.3, -0.25) is 24.0 Å². The van der Waals surface area contributed by atoms with E-state index in [2.05, 4.69) is 21.3 Å². The molecule has 3 unspecified atom stereocenters. The van der Waals surface area contributed by atoms with Crippen molar-refractivity contribution >= 4 is 35.5 Å². The van der Waals surface area contributed by atoms with Crippen molar-refractivity contribution in [2.24, 2.45) is 5.73 Å². The number of aliphatic hydroxyl groups is 2. The normalized spacial score (nSPS) is 13.2. The molecule has 0 aliphatic rings. The minimum Gasteiger partial charge on any atom is -0.480 e. The number of nitrogens with two attached hydrogens (primary N) is 1. The second-order valence-electron chi connectivity index (χ2n) is 5.90. The summed E-state index contributed by atoms with van der Waals surface area (Å²) in [6, 6.07) is -2.96. The Morgan fingerprint density at radius 1 is 0.833 bits per heavy atom. The first-order chi connectivity index (χ1) is 14.0. The fraction of sp³-hybridized carbons (Fsp3) is 0.600. The Morgan fingerprint density at radius 2 is 1.33 bits per heavy atom. The maximum Gasteiger partial charge on any atom is 0.328 e. The molecule has 0 saturated heterocycles. The van der Waals surface area contributed by atoms with E-state index < -0.39 is 79.9 Å². The van der Waals surface area contributed by atoms with Gasteiger partial charge in [-0.2, -0.15) is 0 Å². The van der Waals surface area contributed by atoms with Gasteiger partial charge in [0.25, 0.3) is 0 Å². The average Bonchev–Trinajstić information content (AvgIpc) is 2.70. The van der Waals surface area contributed by atoms with Crippen molar-refractivity contribution in [1.29, 1.82) is 0 Å². The zero-order chi connectivity index (χ0) is 23.3. The van der Waals surface area contributed by atoms with Crippen molar-refractivity contribution in [3.8, 4) is 0 Å². The highest BCUT2D eigenvalue weighted by atomic mass is 16.4. The summed E-state index contributed by atoms with van der Waals surface area (Å²) in [6.07, 6.45) is -1.33. The van der Waals surface area contributed by atoms with Crippen molar-refractivity contribution in [3.05, 3.63) is 0 Å². The van der Waals surface area contributed by atoms with Crippen LogP contribution >= 0.6 is 0 Å². The number of amides is 5. The van der Waals surface area contributed by atoms with Gasteiger partial charge in [0.15, 0.2) is 0 Å². The lowest BCUT2D eigenvalue weighted by atomic mass is 10.1. The Labute approximate surface area is 170 Å². The van der Waals surface area contributed by atoms with Gasteiger partial charge in [0.05, 0.1) is 38.9 Å². The fourth-order valence-corrected chi connectivity index (χ4v) is 1.83. The van der Waals surface area contributed by atoms with Crippen molar-refractivity contribution in [2.45, 2.75) is 25.1 Å². The molecule has 0 aromatic carbocycles. The van der Waals surface area contributed by atoms with Crippen molar-refractivity contribution < 1.29 is 44.1 Å². The zero-order valence-corrected chi connectivity index (χ0v) is 16.1. The second kappa shape index (κ2) is 13.8. The number of carboxylic acids is 1. The Hall–Kier alpha value is -3.30. The molecule has 0 radical (unpaired) electrons. The fourth-order valence-electron chi connectivity index (χ4n) is 1.83. The molecule has 15 nitrogen and oxygen atoms in total. The smallest absolute Gasteiger partial charge is 0.328 e. The van der Waals surface area contributed by atoms with E-state index in [0.29, 0.717) is 0 Å². The quantitative estimate of drug-likeness (QED) is 0.132. The highest BCUT2D eigenvalue weighted by Gasteiger charge is 2.26. The topological polar surface area (TPSA) is 249 Å². The molecule has 0 saturated carbocycles. The van der Waals surface area contributed by atoms with Gasteiger partial charge in [-0.05, 0) is 6.92 Å². The van der Waals surface area contributed by atoms with Gasteiger partial charge in [-0.1, -0.05) is 0 Å². The molecule has 5 amide bonds. The third-order valence-electron chi connectivity index (χ3n) is 3.40. The first-order valence-electron chi connectivity index (χ1n) is 8.63.